The molecular weight excluding hydrogens is 460 g/mol. The van der Waals surface area contributed by atoms with E-state index in [9.17, 15) is 14.4 Å². The van der Waals surface area contributed by atoms with E-state index in [1.54, 1.807) is 29.8 Å². The second-order valence-corrected chi connectivity index (χ2v) is 10.1. The zero-order valence-corrected chi connectivity index (χ0v) is 21.8. The fraction of sp³-hybridized carbons (Fsp3) is 0.696. The quantitative estimate of drug-likeness (QED) is 0.217. The van der Waals surface area contributed by atoms with Crippen LogP contribution in [0.25, 0.3) is 0 Å². The van der Waals surface area contributed by atoms with Crippen molar-refractivity contribution in [3.8, 4) is 0 Å². The van der Waals surface area contributed by atoms with Crippen LogP contribution in [-0.4, -0.2) is 117 Å². The molecule has 0 radical (unpaired) electrons. The maximum absolute atomic E-state index is 13.8. The zero-order valence-electron chi connectivity index (χ0n) is 20.9. The molecule has 1 atom stereocenters. The Balaban J connectivity index is 2.14. The summed E-state index contributed by atoms with van der Waals surface area (Å²) in [4.78, 5) is 44.8. The second kappa shape index (κ2) is 13.6. The van der Waals surface area contributed by atoms with Crippen LogP contribution in [-0.2, 0) is 24.8 Å². The van der Waals surface area contributed by atoms with E-state index in [2.05, 4.69) is 9.80 Å². The van der Waals surface area contributed by atoms with Gasteiger partial charge >= 0.3 is 18.0 Å². The number of hydrogen-bond acceptors (Lipinski definition) is 9. The Bertz CT molecular complexity index is 774. The van der Waals surface area contributed by atoms with Crippen LogP contribution in [0.5, 0.6) is 0 Å². The average Bonchev–Trinajstić information content (AvgIpc) is 3.28. The van der Waals surface area contributed by atoms with Crippen LogP contribution >= 0.6 is 11.8 Å². The molecule has 34 heavy (non-hydrogen) atoms. The van der Waals surface area contributed by atoms with Crippen molar-refractivity contribution in [3.05, 3.63) is 24.2 Å². The molecule has 0 bridgehead atoms. The SMILES string of the molecule is CN(C)CCCN(CCCN(C)C)C(=O)N(CCSCc1ccco1)C1(C)COC(=O)C(=O)O1. The number of nitrogens with zero attached hydrogens (tertiary/aromatic N) is 4. The van der Waals surface area contributed by atoms with Crippen LogP contribution in [0.3, 0.4) is 0 Å². The molecule has 11 heteroatoms. The molecule has 1 aliphatic heterocycles. The van der Waals surface area contributed by atoms with Gasteiger partial charge in [-0.05, 0) is 73.2 Å². The number of urea groups is 1. The summed E-state index contributed by atoms with van der Waals surface area (Å²) in [5.74, 6) is -0.0132. The highest BCUT2D eigenvalue weighted by Crippen LogP contribution is 2.25. The summed E-state index contributed by atoms with van der Waals surface area (Å²) in [7, 11) is 7.99. The van der Waals surface area contributed by atoms with Crippen molar-refractivity contribution in [1.29, 1.82) is 0 Å². The van der Waals surface area contributed by atoms with Gasteiger partial charge in [-0.25, -0.2) is 14.4 Å². The first-order valence-corrected chi connectivity index (χ1v) is 12.6. The van der Waals surface area contributed by atoms with E-state index in [4.69, 9.17) is 13.9 Å². The minimum absolute atomic E-state index is 0.199. The molecule has 1 aromatic heterocycles. The number of amides is 2. The third-order valence-electron chi connectivity index (χ3n) is 5.37. The number of cyclic esters (lactones) is 2. The molecule has 1 fully saturated rings. The Hall–Kier alpha value is -2.24. The van der Waals surface area contributed by atoms with E-state index in [0.717, 1.165) is 31.7 Å². The summed E-state index contributed by atoms with van der Waals surface area (Å²) in [5, 5.41) is 0. The molecule has 10 nitrogen and oxygen atoms in total. The van der Waals surface area contributed by atoms with Gasteiger partial charge in [-0.15, -0.1) is 0 Å². The van der Waals surface area contributed by atoms with Gasteiger partial charge < -0.3 is 28.6 Å². The summed E-state index contributed by atoms with van der Waals surface area (Å²) in [5.41, 5.74) is -1.37. The van der Waals surface area contributed by atoms with Gasteiger partial charge in [0.05, 0.1) is 12.0 Å². The number of hydrogen-bond donors (Lipinski definition) is 0. The Labute approximate surface area is 206 Å². The lowest BCUT2D eigenvalue weighted by Crippen LogP contribution is -2.62. The van der Waals surface area contributed by atoms with Crippen molar-refractivity contribution < 1.29 is 28.3 Å². The van der Waals surface area contributed by atoms with Crippen LogP contribution < -0.4 is 0 Å². The Morgan fingerprint density at radius 2 is 1.65 bits per heavy atom. The summed E-state index contributed by atoms with van der Waals surface area (Å²) >= 11 is 1.61. The third-order valence-corrected chi connectivity index (χ3v) is 6.33. The monoisotopic (exact) mass is 498 g/mol. The van der Waals surface area contributed by atoms with Crippen LogP contribution in [0.1, 0.15) is 25.5 Å². The van der Waals surface area contributed by atoms with Gasteiger partial charge in [0.1, 0.15) is 5.76 Å². The first-order chi connectivity index (χ1) is 16.1. The maximum atomic E-state index is 13.8. The first kappa shape index (κ1) is 28.0. The lowest BCUT2D eigenvalue weighted by Gasteiger charge is -2.43. The molecule has 2 amide bonds. The van der Waals surface area contributed by atoms with E-state index in [1.807, 2.05) is 40.3 Å². The lowest BCUT2D eigenvalue weighted by molar-refractivity contribution is -0.215. The van der Waals surface area contributed by atoms with Crippen molar-refractivity contribution in [2.24, 2.45) is 0 Å². The van der Waals surface area contributed by atoms with E-state index >= 15 is 0 Å². The van der Waals surface area contributed by atoms with Gasteiger partial charge in [0.15, 0.2) is 6.61 Å². The Morgan fingerprint density at radius 1 is 1.00 bits per heavy atom. The second-order valence-electron chi connectivity index (χ2n) is 9.01. The van der Waals surface area contributed by atoms with E-state index < -0.39 is 17.7 Å². The van der Waals surface area contributed by atoms with Crippen LogP contribution in [0.15, 0.2) is 22.8 Å². The molecule has 1 saturated heterocycles. The van der Waals surface area contributed by atoms with E-state index in [0.29, 0.717) is 31.1 Å². The molecule has 192 valence electrons. The standard InChI is InChI=1S/C23H38N4O6S/c1-23(18-32-20(28)21(29)33-23)27(14-16-34-17-19-9-6-15-31-19)22(30)26(12-7-10-24(2)3)13-8-11-25(4)5/h6,9,15H,7-8,10-14,16-18H2,1-5H3. The van der Waals surface area contributed by atoms with Gasteiger partial charge in [0.2, 0.25) is 5.72 Å². The third kappa shape index (κ3) is 8.84. The molecule has 2 heterocycles. The van der Waals surface area contributed by atoms with Crippen molar-refractivity contribution in [3.63, 3.8) is 0 Å². The number of thioether (sulfide) groups is 1. The number of carbonyl (C=O) groups excluding carboxylic acids is 3. The fourth-order valence-electron chi connectivity index (χ4n) is 3.55. The molecule has 1 aliphatic rings. The van der Waals surface area contributed by atoms with Gasteiger partial charge in [0, 0.05) is 25.4 Å². The molecule has 2 rings (SSSR count). The van der Waals surface area contributed by atoms with Gasteiger partial charge in [0.25, 0.3) is 0 Å². The molecule has 0 saturated carbocycles. The van der Waals surface area contributed by atoms with Crippen LogP contribution in [0.2, 0.25) is 0 Å². The van der Waals surface area contributed by atoms with Gasteiger partial charge in [-0.3, -0.25) is 4.90 Å². The van der Waals surface area contributed by atoms with E-state index in [-0.39, 0.29) is 12.6 Å². The molecule has 1 aromatic rings. The molecule has 0 aromatic carbocycles. The Kier molecular flexibility index (Phi) is 11.2. The van der Waals surface area contributed by atoms with Crippen molar-refractivity contribution in [2.45, 2.75) is 31.2 Å². The largest absolute Gasteiger partial charge is 0.468 e. The topological polar surface area (TPSA) is 95.8 Å². The van der Waals surface area contributed by atoms with Gasteiger partial charge in [-0.2, -0.15) is 11.8 Å². The summed E-state index contributed by atoms with van der Waals surface area (Å²) in [6, 6.07) is 3.50. The summed E-state index contributed by atoms with van der Waals surface area (Å²) in [6.07, 6.45) is 3.25. The molecule has 0 N–H and O–H groups in total. The van der Waals surface area contributed by atoms with Gasteiger partial charge in [-0.1, -0.05) is 0 Å². The number of ether oxygens (including phenoxy) is 2. The minimum atomic E-state index is -1.37. The minimum Gasteiger partial charge on any atom is -0.468 e. The molecular formula is C23H38N4O6S. The Morgan fingerprint density at radius 3 is 2.18 bits per heavy atom. The summed E-state index contributed by atoms with van der Waals surface area (Å²) < 4.78 is 15.8. The van der Waals surface area contributed by atoms with Crippen molar-refractivity contribution in [1.82, 2.24) is 19.6 Å². The summed E-state index contributed by atoms with van der Waals surface area (Å²) in [6.45, 7) is 4.58. The lowest BCUT2D eigenvalue weighted by atomic mass is 10.2. The fourth-order valence-corrected chi connectivity index (χ4v) is 4.37. The number of rotatable bonds is 14. The molecule has 1 unspecified atom stereocenters. The predicted molar refractivity (Wildman–Crippen MR) is 130 cm³/mol. The predicted octanol–water partition coefficient (Wildman–Crippen LogP) is 1.96. The highest BCUT2D eigenvalue weighted by Gasteiger charge is 2.47. The highest BCUT2D eigenvalue weighted by atomic mass is 32.2. The van der Waals surface area contributed by atoms with Crippen molar-refractivity contribution in [2.75, 3.05) is 73.3 Å². The number of esters is 2. The first-order valence-electron chi connectivity index (χ1n) is 11.5. The van der Waals surface area contributed by atoms with Crippen LogP contribution in [0, 0.1) is 0 Å². The number of furan rings is 1. The highest BCUT2D eigenvalue weighted by molar-refractivity contribution is 7.98. The average molecular weight is 499 g/mol. The van der Waals surface area contributed by atoms with E-state index in [1.165, 1.54) is 4.90 Å². The molecule has 0 aliphatic carbocycles. The number of carbonyl (C=O) groups is 3. The smallest absolute Gasteiger partial charge is 0.419 e. The normalized spacial score (nSPS) is 18.2. The zero-order chi connectivity index (χ0) is 25.1. The van der Waals surface area contributed by atoms with Crippen LogP contribution in [0.4, 0.5) is 4.79 Å². The van der Waals surface area contributed by atoms with Crippen molar-refractivity contribution >= 4 is 29.7 Å². The molecule has 0 spiro atoms. The maximum Gasteiger partial charge on any atom is 0.419 e.